The maximum atomic E-state index is 13.3. The average molecular weight is 446 g/mol. The molecule has 1 amide bonds. The molecule has 4 aromatic rings. The number of carbonyl (C=O) groups is 1. The van der Waals surface area contributed by atoms with Crippen LogP contribution in [0.15, 0.2) is 71.6 Å². The molecule has 1 saturated heterocycles. The maximum Gasteiger partial charge on any atom is 0.223 e. The van der Waals surface area contributed by atoms with Crippen LogP contribution in [0.4, 0.5) is 5.69 Å². The predicted octanol–water partition coefficient (Wildman–Crippen LogP) is 5.11. The number of hydrogen-bond acceptors (Lipinski definition) is 4. The standard InChI is InChI=1S/C26H27N3O2S/c1-31-21-8-6-20(7-9-21)28-11-13-29(14-12-28)26(30)16-23(19-10-15-32-18-19)24-17-27-25-5-3-2-4-22(24)25/h2-10,15,17-18,23,27H,11-14,16H2,1H3. The molecule has 1 aliphatic rings. The minimum absolute atomic E-state index is 0.0597. The van der Waals surface area contributed by atoms with Crippen LogP contribution in [0, 0.1) is 0 Å². The number of thiophene rings is 1. The first-order chi connectivity index (χ1) is 15.7. The molecule has 164 valence electrons. The third-order valence-corrected chi connectivity index (χ3v) is 7.09. The zero-order valence-corrected chi connectivity index (χ0v) is 19.0. The molecule has 5 rings (SSSR count). The number of aromatic nitrogens is 1. The number of nitrogens with zero attached hydrogens (tertiary/aromatic N) is 2. The van der Waals surface area contributed by atoms with E-state index in [0.717, 1.165) is 37.4 Å². The number of fused-ring (bicyclic) bond motifs is 1. The second kappa shape index (κ2) is 9.09. The molecule has 1 fully saturated rings. The third-order valence-electron chi connectivity index (χ3n) is 6.39. The Morgan fingerprint density at radius 2 is 1.84 bits per heavy atom. The fourth-order valence-corrected chi connectivity index (χ4v) is 5.29. The number of piperazine rings is 1. The lowest BCUT2D eigenvalue weighted by atomic mass is 9.89. The minimum atomic E-state index is 0.0597. The number of rotatable bonds is 6. The highest BCUT2D eigenvalue weighted by atomic mass is 32.1. The zero-order chi connectivity index (χ0) is 21.9. The Bertz CT molecular complexity index is 1180. The monoisotopic (exact) mass is 445 g/mol. The van der Waals surface area contributed by atoms with Crippen molar-refractivity contribution in [2.75, 3.05) is 38.2 Å². The summed E-state index contributed by atoms with van der Waals surface area (Å²) < 4.78 is 5.26. The van der Waals surface area contributed by atoms with Gasteiger partial charge >= 0.3 is 0 Å². The van der Waals surface area contributed by atoms with Gasteiger partial charge < -0.3 is 19.5 Å². The van der Waals surface area contributed by atoms with Crippen LogP contribution in [-0.2, 0) is 4.79 Å². The molecule has 2 aromatic carbocycles. The molecule has 2 aromatic heterocycles. The minimum Gasteiger partial charge on any atom is -0.497 e. The first-order valence-electron chi connectivity index (χ1n) is 11.0. The van der Waals surface area contributed by atoms with Crippen molar-refractivity contribution in [3.05, 3.63) is 82.7 Å². The molecular formula is C26H27N3O2S. The summed E-state index contributed by atoms with van der Waals surface area (Å²) >= 11 is 1.68. The molecule has 6 heteroatoms. The molecule has 32 heavy (non-hydrogen) atoms. The van der Waals surface area contributed by atoms with Gasteiger partial charge in [0.05, 0.1) is 7.11 Å². The molecule has 0 saturated carbocycles. The fraction of sp³-hybridized carbons (Fsp3) is 0.269. The van der Waals surface area contributed by atoms with E-state index in [4.69, 9.17) is 4.74 Å². The number of anilines is 1. The van der Waals surface area contributed by atoms with Gasteiger partial charge in [-0.3, -0.25) is 4.79 Å². The summed E-state index contributed by atoms with van der Waals surface area (Å²) in [5, 5.41) is 5.46. The molecule has 0 spiro atoms. The molecule has 3 heterocycles. The lowest BCUT2D eigenvalue weighted by molar-refractivity contribution is -0.131. The Balaban J connectivity index is 1.29. The van der Waals surface area contributed by atoms with Gasteiger partial charge in [-0.15, -0.1) is 0 Å². The van der Waals surface area contributed by atoms with Crippen molar-refractivity contribution in [3.63, 3.8) is 0 Å². The summed E-state index contributed by atoms with van der Waals surface area (Å²) in [6.07, 6.45) is 2.56. The number of amides is 1. The van der Waals surface area contributed by atoms with E-state index in [9.17, 15) is 4.79 Å². The van der Waals surface area contributed by atoms with Gasteiger partial charge in [0, 0.05) is 61.3 Å². The van der Waals surface area contributed by atoms with Crippen molar-refractivity contribution in [1.29, 1.82) is 0 Å². The lowest BCUT2D eigenvalue weighted by Crippen LogP contribution is -2.49. The fourth-order valence-electron chi connectivity index (χ4n) is 4.57. The van der Waals surface area contributed by atoms with Crippen LogP contribution in [0.25, 0.3) is 10.9 Å². The second-order valence-electron chi connectivity index (χ2n) is 8.17. The normalized spacial score (nSPS) is 15.2. The summed E-state index contributed by atoms with van der Waals surface area (Å²) in [6.45, 7) is 3.17. The molecule has 0 aliphatic carbocycles. The van der Waals surface area contributed by atoms with E-state index in [-0.39, 0.29) is 11.8 Å². The van der Waals surface area contributed by atoms with Gasteiger partial charge in [0.15, 0.2) is 0 Å². The summed E-state index contributed by atoms with van der Waals surface area (Å²) in [4.78, 5) is 21.1. The van der Waals surface area contributed by atoms with Crippen LogP contribution in [-0.4, -0.2) is 49.1 Å². The van der Waals surface area contributed by atoms with E-state index < -0.39 is 0 Å². The molecule has 1 N–H and O–H groups in total. The van der Waals surface area contributed by atoms with Crippen LogP contribution in [0.1, 0.15) is 23.5 Å². The summed E-state index contributed by atoms with van der Waals surface area (Å²) in [5.74, 6) is 1.14. The summed E-state index contributed by atoms with van der Waals surface area (Å²) in [7, 11) is 1.68. The molecule has 1 aliphatic heterocycles. The topological polar surface area (TPSA) is 48.6 Å². The number of methoxy groups -OCH3 is 1. The number of nitrogens with one attached hydrogen (secondary N) is 1. The van der Waals surface area contributed by atoms with Crippen molar-refractivity contribution < 1.29 is 9.53 Å². The molecular weight excluding hydrogens is 418 g/mol. The number of para-hydroxylation sites is 1. The Hall–Kier alpha value is -3.25. The van der Waals surface area contributed by atoms with E-state index in [1.54, 1.807) is 18.4 Å². The van der Waals surface area contributed by atoms with Crippen LogP contribution in [0.2, 0.25) is 0 Å². The Kier molecular flexibility index (Phi) is 5.86. The van der Waals surface area contributed by atoms with Crippen LogP contribution < -0.4 is 9.64 Å². The number of ether oxygens (including phenoxy) is 1. The quantitative estimate of drug-likeness (QED) is 0.449. The van der Waals surface area contributed by atoms with E-state index in [0.29, 0.717) is 6.42 Å². The van der Waals surface area contributed by atoms with Crippen molar-refractivity contribution in [2.45, 2.75) is 12.3 Å². The SMILES string of the molecule is COc1ccc(N2CCN(C(=O)CC(c3ccsc3)c3c[nH]c4ccccc34)CC2)cc1. The molecule has 0 bridgehead atoms. The predicted molar refractivity (Wildman–Crippen MR) is 131 cm³/mol. The van der Waals surface area contributed by atoms with Crippen molar-refractivity contribution >= 4 is 33.8 Å². The Labute approximate surface area is 192 Å². The van der Waals surface area contributed by atoms with Gasteiger partial charge in [-0.05, 0) is 58.3 Å². The molecule has 5 nitrogen and oxygen atoms in total. The van der Waals surface area contributed by atoms with Gasteiger partial charge in [0.25, 0.3) is 0 Å². The number of hydrogen-bond donors (Lipinski definition) is 1. The third kappa shape index (κ3) is 4.10. The maximum absolute atomic E-state index is 13.3. The zero-order valence-electron chi connectivity index (χ0n) is 18.2. The highest BCUT2D eigenvalue weighted by Crippen LogP contribution is 2.35. The number of aromatic amines is 1. The molecule has 1 atom stereocenters. The van der Waals surface area contributed by atoms with Crippen molar-refractivity contribution in [2.24, 2.45) is 0 Å². The van der Waals surface area contributed by atoms with Gasteiger partial charge in [0.1, 0.15) is 5.75 Å². The van der Waals surface area contributed by atoms with Gasteiger partial charge in [0.2, 0.25) is 5.91 Å². The summed E-state index contributed by atoms with van der Waals surface area (Å²) in [5.41, 5.74) is 4.70. The number of benzene rings is 2. The second-order valence-corrected chi connectivity index (χ2v) is 8.95. The first kappa shape index (κ1) is 20.6. The van der Waals surface area contributed by atoms with Crippen LogP contribution in [0.5, 0.6) is 5.75 Å². The highest BCUT2D eigenvalue weighted by molar-refractivity contribution is 7.08. The van der Waals surface area contributed by atoms with Crippen LogP contribution in [0.3, 0.4) is 0 Å². The van der Waals surface area contributed by atoms with E-state index in [1.165, 1.54) is 22.2 Å². The van der Waals surface area contributed by atoms with Gasteiger partial charge in [-0.25, -0.2) is 0 Å². The van der Waals surface area contributed by atoms with E-state index in [2.05, 4.69) is 63.2 Å². The molecule has 0 radical (unpaired) electrons. The summed E-state index contributed by atoms with van der Waals surface area (Å²) in [6, 6.07) is 18.6. The van der Waals surface area contributed by atoms with Crippen molar-refractivity contribution in [3.8, 4) is 5.75 Å². The first-order valence-corrected chi connectivity index (χ1v) is 11.9. The number of carbonyl (C=O) groups excluding carboxylic acids is 1. The Morgan fingerprint density at radius 3 is 2.56 bits per heavy atom. The van der Waals surface area contributed by atoms with E-state index >= 15 is 0 Å². The van der Waals surface area contributed by atoms with Gasteiger partial charge in [-0.2, -0.15) is 11.3 Å². The lowest BCUT2D eigenvalue weighted by Gasteiger charge is -2.36. The molecule has 1 unspecified atom stereocenters. The number of H-pyrrole nitrogens is 1. The van der Waals surface area contributed by atoms with Crippen LogP contribution >= 0.6 is 11.3 Å². The average Bonchev–Trinajstić information content (AvgIpc) is 3.53. The largest absolute Gasteiger partial charge is 0.497 e. The van der Waals surface area contributed by atoms with Crippen molar-refractivity contribution in [1.82, 2.24) is 9.88 Å². The Morgan fingerprint density at radius 1 is 1.06 bits per heavy atom. The van der Waals surface area contributed by atoms with E-state index in [1.807, 2.05) is 23.1 Å². The smallest absolute Gasteiger partial charge is 0.223 e. The van der Waals surface area contributed by atoms with Gasteiger partial charge in [-0.1, -0.05) is 18.2 Å². The highest BCUT2D eigenvalue weighted by Gasteiger charge is 2.27.